The van der Waals surface area contributed by atoms with Gasteiger partial charge in [-0.15, -0.1) is 11.3 Å². The molecule has 0 atom stereocenters. The van der Waals surface area contributed by atoms with E-state index >= 15 is 0 Å². The summed E-state index contributed by atoms with van der Waals surface area (Å²) in [6, 6.07) is 15.2. The van der Waals surface area contributed by atoms with E-state index in [1.807, 2.05) is 59.7 Å². The van der Waals surface area contributed by atoms with E-state index in [9.17, 15) is 9.59 Å². The van der Waals surface area contributed by atoms with Crippen LogP contribution in [0.15, 0.2) is 58.4 Å². The van der Waals surface area contributed by atoms with E-state index in [1.54, 1.807) is 13.2 Å². The summed E-state index contributed by atoms with van der Waals surface area (Å²) in [5.74, 6) is 0.452. The minimum absolute atomic E-state index is 0.107. The predicted molar refractivity (Wildman–Crippen MR) is 132 cm³/mol. The quantitative estimate of drug-likeness (QED) is 0.518. The number of anilines is 2. The lowest BCUT2D eigenvalue weighted by atomic mass is 10.1. The standard InChI is InChI=1S/C24H24BrN3O3S/c1-16-14-17(25)15-20(22(16)31-2)23(29)26-18-5-7-19(8-6-18)27-9-11-28(12-10-27)24(30)21-4-3-13-32-21/h3-8,13-15H,9-12H2,1-2H3,(H,26,29). The molecule has 2 heterocycles. The molecule has 2 amide bonds. The second kappa shape index (κ2) is 9.75. The first kappa shape index (κ1) is 22.4. The third-order valence-corrected chi connectivity index (χ3v) is 6.79. The number of benzene rings is 2. The monoisotopic (exact) mass is 513 g/mol. The number of carbonyl (C=O) groups excluding carboxylic acids is 2. The molecule has 0 radical (unpaired) electrons. The van der Waals surface area contributed by atoms with Crippen molar-refractivity contribution in [2.75, 3.05) is 43.5 Å². The molecule has 8 heteroatoms. The summed E-state index contributed by atoms with van der Waals surface area (Å²) >= 11 is 4.92. The summed E-state index contributed by atoms with van der Waals surface area (Å²) in [6.45, 7) is 4.84. The maximum absolute atomic E-state index is 12.8. The molecule has 1 fully saturated rings. The molecule has 1 N–H and O–H groups in total. The van der Waals surface area contributed by atoms with Gasteiger partial charge in [0.2, 0.25) is 0 Å². The fraction of sp³-hybridized carbons (Fsp3) is 0.250. The molecule has 0 spiro atoms. The third-order valence-electron chi connectivity index (χ3n) is 5.48. The number of nitrogens with zero attached hydrogens (tertiary/aromatic N) is 2. The smallest absolute Gasteiger partial charge is 0.264 e. The lowest BCUT2D eigenvalue weighted by Crippen LogP contribution is -2.48. The van der Waals surface area contributed by atoms with Crippen LogP contribution in [0.5, 0.6) is 5.75 Å². The Labute approximate surface area is 199 Å². The molecule has 0 unspecified atom stereocenters. The summed E-state index contributed by atoms with van der Waals surface area (Å²) in [7, 11) is 1.57. The zero-order chi connectivity index (χ0) is 22.7. The molecule has 0 saturated carbocycles. The largest absolute Gasteiger partial charge is 0.496 e. The fourth-order valence-electron chi connectivity index (χ4n) is 3.85. The molecule has 2 aromatic carbocycles. The first-order valence-electron chi connectivity index (χ1n) is 10.3. The van der Waals surface area contributed by atoms with Gasteiger partial charge in [0.05, 0.1) is 17.6 Å². The van der Waals surface area contributed by atoms with Gasteiger partial charge in [0, 0.05) is 42.0 Å². The first-order valence-corrected chi connectivity index (χ1v) is 12.0. The second-order valence-corrected chi connectivity index (χ2v) is 9.42. The number of hydrogen-bond acceptors (Lipinski definition) is 5. The van der Waals surface area contributed by atoms with Crippen molar-refractivity contribution in [2.24, 2.45) is 0 Å². The van der Waals surface area contributed by atoms with Crippen molar-refractivity contribution in [3.63, 3.8) is 0 Å². The van der Waals surface area contributed by atoms with Crippen molar-refractivity contribution in [3.8, 4) is 5.75 Å². The number of amides is 2. The summed E-state index contributed by atoms with van der Waals surface area (Å²) < 4.78 is 6.25. The Morgan fingerprint density at radius 2 is 1.78 bits per heavy atom. The molecule has 166 valence electrons. The van der Waals surface area contributed by atoms with Crippen molar-refractivity contribution < 1.29 is 14.3 Å². The molecule has 0 aliphatic carbocycles. The minimum atomic E-state index is -0.222. The molecule has 6 nitrogen and oxygen atoms in total. The molecular weight excluding hydrogens is 490 g/mol. The van der Waals surface area contributed by atoms with Crippen LogP contribution in [-0.4, -0.2) is 50.0 Å². The molecule has 3 aromatic rings. The summed E-state index contributed by atoms with van der Waals surface area (Å²) in [4.78, 5) is 30.3. The molecule has 1 aromatic heterocycles. The lowest BCUT2D eigenvalue weighted by molar-refractivity contribution is 0.0751. The third kappa shape index (κ3) is 4.81. The van der Waals surface area contributed by atoms with Crippen LogP contribution in [-0.2, 0) is 0 Å². The highest BCUT2D eigenvalue weighted by Gasteiger charge is 2.23. The highest BCUT2D eigenvalue weighted by atomic mass is 79.9. The number of nitrogens with one attached hydrogen (secondary N) is 1. The highest BCUT2D eigenvalue weighted by molar-refractivity contribution is 9.10. The van der Waals surface area contributed by atoms with E-state index in [1.165, 1.54) is 11.3 Å². The summed E-state index contributed by atoms with van der Waals surface area (Å²) in [5, 5.41) is 4.87. The van der Waals surface area contributed by atoms with Gasteiger partial charge in [-0.05, 0) is 60.3 Å². The minimum Gasteiger partial charge on any atom is -0.496 e. The Morgan fingerprint density at radius 1 is 1.06 bits per heavy atom. The van der Waals surface area contributed by atoms with Gasteiger partial charge in [0.1, 0.15) is 5.75 Å². The van der Waals surface area contributed by atoms with Crippen molar-refractivity contribution in [2.45, 2.75) is 6.92 Å². The van der Waals surface area contributed by atoms with E-state index in [2.05, 4.69) is 26.1 Å². The maximum atomic E-state index is 12.8. The molecular formula is C24H24BrN3O3S. The molecule has 4 rings (SSSR count). The van der Waals surface area contributed by atoms with Crippen LogP contribution in [0.2, 0.25) is 0 Å². The van der Waals surface area contributed by atoms with Crippen LogP contribution in [0, 0.1) is 6.92 Å². The average Bonchev–Trinajstić information content (AvgIpc) is 3.34. The van der Waals surface area contributed by atoms with Crippen molar-refractivity contribution in [1.29, 1.82) is 0 Å². The Morgan fingerprint density at radius 3 is 2.41 bits per heavy atom. The van der Waals surface area contributed by atoms with Crippen molar-refractivity contribution >= 4 is 50.5 Å². The van der Waals surface area contributed by atoms with Crippen LogP contribution in [0.25, 0.3) is 0 Å². The summed E-state index contributed by atoms with van der Waals surface area (Å²) in [5.41, 5.74) is 3.15. The van der Waals surface area contributed by atoms with Gasteiger partial charge < -0.3 is 19.9 Å². The van der Waals surface area contributed by atoms with Crippen LogP contribution in [0.3, 0.4) is 0 Å². The number of halogens is 1. The molecule has 32 heavy (non-hydrogen) atoms. The molecule has 1 aliphatic rings. The normalized spacial score (nSPS) is 13.7. The average molecular weight is 514 g/mol. The molecule has 0 bridgehead atoms. The number of aryl methyl sites for hydroxylation is 1. The maximum Gasteiger partial charge on any atom is 0.264 e. The van der Waals surface area contributed by atoms with E-state index in [4.69, 9.17) is 4.74 Å². The Kier molecular flexibility index (Phi) is 6.81. The number of methoxy groups -OCH3 is 1. The highest BCUT2D eigenvalue weighted by Crippen LogP contribution is 2.29. The van der Waals surface area contributed by atoms with Crippen LogP contribution in [0.4, 0.5) is 11.4 Å². The van der Waals surface area contributed by atoms with Crippen molar-refractivity contribution in [1.82, 2.24) is 4.90 Å². The van der Waals surface area contributed by atoms with E-state index < -0.39 is 0 Å². The van der Waals surface area contributed by atoms with Gasteiger partial charge >= 0.3 is 0 Å². The molecule has 1 aliphatic heterocycles. The number of hydrogen-bond donors (Lipinski definition) is 1. The number of carbonyl (C=O) groups is 2. The Bertz CT molecular complexity index is 1110. The SMILES string of the molecule is COc1c(C)cc(Br)cc1C(=O)Nc1ccc(N2CCN(C(=O)c3cccs3)CC2)cc1. The molecule has 1 saturated heterocycles. The Hall–Kier alpha value is -2.84. The summed E-state index contributed by atoms with van der Waals surface area (Å²) in [6.07, 6.45) is 0. The van der Waals surface area contributed by atoms with Gasteiger partial charge in [-0.2, -0.15) is 0 Å². The number of piperazine rings is 1. The fourth-order valence-corrected chi connectivity index (χ4v) is 5.11. The Balaban J connectivity index is 1.38. The van der Waals surface area contributed by atoms with Crippen molar-refractivity contribution in [3.05, 3.63) is 74.4 Å². The van der Waals surface area contributed by atoms with Gasteiger partial charge in [-0.25, -0.2) is 0 Å². The van der Waals surface area contributed by atoms with Gasteiger partial charge in [0.25, 0.3) is 11.8 Å². The first-order chi connectivity index (χ1) is 15.5. The van der Waals surface area contributed by atoms with Gasteiger partial charge in [0.15, 0.2) is 0 Å². The second-order valence-electron chi connectivity index (χ2n) is 7.56. The van der Waals surface area contributed by atoms with Gasteiger partial charge in [-0.3, -0.25) is 9.59 Å². The van der Waals surface area contributed by atoms with Crippen LogP contribution >= 0.6 is 27.3 Å². The number of thiophene rings is 1. The van der Waals surface area contributed by atoms with E-state index in [0.717, 1.165) is 33.7 Å². The number of ether oxygens (including phenoxy) is 1. The van der Waals surface area contributed by atoms with E-state index in [0.29, 0.717) is 30.1 Å². The zero-order valence-electron chi connectivity index (χ0n) is 17.9. The number of rotatable bonds is 5. The van der Waals surface area contributed by atoms with Crippen LogP contribution < -0.4 is 15.0 Å². The van der Waals surface area contributed by atoms with Crippen LogP contribution in [0.1, 0.15) is 25.6 Å². The van der Waals surface area contributed by atoms with Gasteiger partial charge in [-0.1, -0.05) is 22.0 Å². The van der Waals surface area contributed by atoms with E-state index in [-0.39, 0.29) is 11.8 Å². The predicted octanol–water partition coefficient (Wildman–Crippen LogP) is 5.04. The lowest BCUT2D eigenvalue weighted by Gasteiger charge is -2.36. The zero-order valence-corrected chi connectivity index (χ0v) is 20.3. The topological polar surface area (TPSA) is 61.9 Å².